The van der Waals surface area contributed by atoms with Gasteiger partial charge in [0.25, 0.3) is 0 Å². The Bertz CT molecular complexity index is 534. The van der Waals surface area contributed by atoms with Crippen LogP contribution < -0.4 is 5.32 Å². The van der Waals surface area contributed by atoms with Crippen molar-refractivity contribution in [2.45, 2.75) is 64.5 Å². The summed E-state index contributed by atoms with van der Waals surface area (Å²) in [6.45, 7) is 10.7. The van der Waals surface area contributed by atoms with E-state index in [1.807, 2.05) is 13.8 Å². The van der Waals surface area contributed by atoms with Crippen LogP contribution in [0, 0.1) is 11.8 Å². The Balaban J connectivity index is 1.99. The first-order chi connectivity index (χ1) is 11.3. The van der Waals surface area contributed by atoms with Crippen LogP contribution in [0.5, 0.6) is 0 Å². The smallest absolute Gasteiger partial charge is 0.194 e. The van der Waals surface area contributed by atoms with E-state index in [2.05, 4.69) is 24.1 Å². The van der Waals surface area contributed by atoms with Crippen molar-refractivity contribution in [2.24, 2.45) is 16.8 Å². The summed E-state index contributed by atoms with van der Waals surface area (Å²) in [5.41, 5.74) is 0. The molecule has 140 valence electrons. The Morgan fingerprint density at radius 2 is 1.79 bits per heavy atom. The molecular formula is C18H35N3O2S. The number of sulfone groups is 1. The highest BCUT2D eigenvalue weighted by Gasteiger charge is 2.41. The van der Waals surface area contributed by atoms with E-state index in [9.17, 15) is 8.42 Å². The zero-order chi connectivity index (χ0) is 17.8. The van der Waals surface area contributed by atoms with Crippen molar-refractivity contribution in [1.82, 2.24) is 10.2 Å². The van der Waals surface area contributed by atoms with Crippen molar-refractivity contribution in [3.63, 3.8) is 0 Å². The fourth-order valence-corrected chi connectivity index (χ4v) is 5.15. The summed E-state index contributed by atoms with van der Waals surface area (Å²) >= 11 is 0. The van der Waals surface area contributed by atoms with E-state index in [0.717, 1.165) is 25.0 Å². The van der Waals surface area contributed by atoms with E-state index in [4.69, 9.17) is 4.99 Å². The number of nitrogens with one attached hydrogen (secondary N) is 1. The first kappa shape index (κ1) is 19.5. The van der Waals surface area contributed by atoms with Crippen molar-refractivity contribution < 1.29 is 8.42 Å². The van der Waals surface area contributed by atoms with E-state index in [1.165, 1.54) is 32.1 Å². The van der Waals surface area contributed by atoms with Crippen LogP contribution in [0.3, 0.4) is 0 Å². The maximum atomic E-state index is 12.2. The second-order valence-corrected chi connectivity index (χ2v) is 10.7. The number of guanidine groups is 1. The molecule has 24 heavy (non-hydrogen) atoms. The molecule has 0 bridgehead atoms. The predicted molar refractivity (Wildman–Crippen MR) is 101 cm³/mol. The maximum Gasteiger partial charge on any atom is 0.194 e. The van der Waals surface area contributed by atoms with Crippen LogP contribution in [-0.4, -0.2) is 56.0 Å². The molecule has 1 aliphatic heterocycles. The normalized spacial score (nSPS) is 30.2. The third-order valence-corrected chi connectivity index (χ3v) is 8.25. The summed E-state index contributed by atoms with van der Waals surface area (Å²) in [5.74, 6) is 2.69. The summed E-state index contributed by atoms with van der Waals surface area (Å²) in [6.07, 6.45) is 6.53. The van der Waals surface area contributed by atoms with Crippen LogP contribution >= 0.6 is 0 Å². The van der Waals surface area contributed by atoms with Gasteiger partial charge in [-0.15, -0.1) is 0 Å². The molecule has 1 aliphatic carbocycles. The van der Waals surface area contributed by atoms with Crippen LogP contribution in [0.2, 0.25) is 0 Å². The zero-order valence-electron chi connectivity index (χ0n) is 15.8. The lowest BCUT2D eigenvalue weighted by Crippen LogP contribution is -2.57. The van der Waals surface area contributed by atoms with Gasteiger partial charge < -0.3 is 10.2 Å². The fraction of sp³-hybridized carbons (Fsp3) is 0.944. The second-order valence-electron chi connectivity index (χ2n) is 7.99. The SMILES string of the molecule is CCNC(=NCC1CCC(CC)CC1)N1CCS(=O)(=O)C(C)(C)C1. The molecule has 1 N–H and O–H groups in total. The van der Waals surface area contributed by atoms with Gasteiger partial charge in [-0.05, 0) is 45.4 Å². The average Bonchev–Trinajstić information content (AvgIpc) is 2.54. The van der Waals surface area contributed by atoms with Crippen molar-refractivity contribution in [2.75, 3.05) is 31.9 Å². The first-order valence-electron chi connectivity index (χ1n) is 9.54. The third-order valence-electron chi connectivity index (χ3n) is 5.72. The Morgan fingerprint density at radius 1 is 1.17 bits per heavy atom. The molecule has 0 atom stereocenters. The topological polar surface area (TPSA) is 61.8 Å². The average molecular weight is 358 g/mol. The summed E-state index contributed by atoms with van der Waals surface area (Å²) < 4.78 is 23.7. The fourth-order valence-electron chi connectivity index (χ4n) is 3.79. The van der Waals surface area contributed by atoms with Gasteiger partial charge in [0.1, 0.15) is 0 Å². The minimum atomic E-state index is -3.01. The maximum absolute atomic E-state index is 12.2. The minimum absolute atomic E-state index is 0.214. The van der Waals surface area contributed by atoms with Gasteiger partial charge in [-0.2, -0.15) is 0 Å². The van der Waals surface area contributed by atoms with Gasteiger partial charge >= 0.3 is 0 Å². The van der Waals surface area contributed by atoms with Crippen LogP contribution in [0.4, 0.5) is 0 Å². The van der Waals surface area contributed by atoms with E-state index in [0.29, 0.717) is 19.0 Å². The minimum Gasteiger partial charge on any atom is -0.357 e. The van der Waals surface area contributed by atoms with E-state index in [1.54, 1.807) is 0 Å². The quantitative estimate of drug-likeness (QED) is 0.621. The van der Waals surface area contributed by atoms with Crippen LogP contribution in [0.15, 0.2) is 4.99 Å². The van der Waals surface area contributed by atoms with Gasteiger partial charge in [0.05, 0.1) is 10.5 Å². The highest BCUT2D eigenvalue weighted by molar-refractivity contribution is 7.92. The summed E-state index contributed by atoms with van der Waals surface area (Å²) in [4.78, 5) is 6.99. The lowest BCUT2D eigenvalue weighted by Gasteiger charge is -2.39. The van der Waals surface area contributed by atoms with Gasteiger partial charge in [-0.25, -0.2) is 8.42 Å². The summed E-state index contributed by atoms with van der Waals surface area (Å²) in [6, 6.07) is 0. The molecule has 1 saturated carbocycles. The molecule has 0 unspecified atom stereocenters. The standard InChI is InChI=1S/C18H35N3O2S/c1-5-15-7-9-16(10-8-15)13-20-17(19-6-2)21-11-12-24(22,23)18(3,4)14-21/h15-16H,5-14H2,1-4H3,(H,19,20). The van der Waals surface area contributed by atoms with Gasteiger partial charge in [-0.3, -0.25) is 4.99 Å². The van der Waals surface area contributed by atoms with Crippen molar-refractivity contribution in [3.05, 3.63) is 0 Å². The number of aliphatic imine (C=N–C) groups is 1. The summed E-state index contributed by atoms with van der Waals surface area (Å²) in [7, 11) is -3.01. The number of rotatable bonds is 4. The molecule has 6 heteroatoms. The molecule has 1 saturated heterocycles. The zero-order valence-corrected chi connectivity index (χ0v) is 16.7. The molecule has 0 radical (unpaired) electrons. The van der Waals surface area contributed by atoms with E-state index in [-0.39, 0.29) is 5.75 Å². The second kappa shape index (κ2) is 8.07. The van der Waals surface area contributed by atoms with Crippen molar-refractivity contribution in [3.8, 4) is 0 Å². The number of nitrogens with zero attached hydrogens (tertiary/aromatic N) is 2. The number of hydrogen-bond acceptors (Lipinski definition) is 3. The highest BCUT2D eigenvalue weighted by Crippen LogP contribution is 2.31. The Hall–Kier alpha value is -0.780. The van der Waals surface area contributed by atoms with Crippen LogP contribution in [0.25, 0.3) is 0 Å². The molecule has 0 aromatic heterocycles. The third kappa shape index (κ3) is 4.64. The van der Waals surface area contributed by atoms with Crippen molar-refractivity contribution in [1.29, 1.82) is 0 Å². The molecular weight excluding hydrogens is 322 g/mol. The largest absolute Gasteiger partial charge is 0.357 e. The molecule has 5 nitrogen and oxygen atoms in total. The van der Waals surface area contributed by atoms with Gasteiger partial charge in [-0.1, -0.05) is 26.2 Å². The van der Waals surface area contributed by atoms with Gasteiger partial charge in [0.15, 0.2) is 15.8 Å². The molecule has 2 aliphatic rings. The molecule has 2 fully saturated rings. The molecule has 1 heterocycles. The van der Waals surface area contributed by atoms with Crippen molar-refractivity contribution >= 4 is 15.8 Å². The number of hydrogen-bond donors (Lipinski definition) is 1. The Labute approximate surface area is 148 Å². The summed E-state index contributed by atoms with van der Waals surface area (Å²) in [5, 5.41) is 3.36. The van der Waals surface area contributed by atoms with E-state index < -0.39 is 14.6 Å². The lowest BCUT2D eigenvalue weighted by atomic mass is 9.81. The molecule has 0 aromatic carbocycles. The highest BCUT2D eigenvalue weighted by atomic mass is 32.2. The van der Waals surface area contributed by atoms with Gasteiger partial charge in [0.2, 0.25) is 0 Å². The van der Waals surface area contributed by atoms with Crippen LogP contribution in [0.1, 0.15) is 59.8 Å². The van der Waals surface area contributed by atoms with Crippen LogP contribution in [-0.2, 0) is 9.84 Å². The molecule has 0 spiro atoms. The Morgan fingerprint density at radius 3 is 2.33 bits per heavy atom. The molecule has 0 amide bonds. The first-order valence-corrected chi connectivity index (χ1v) is 11.2. The predicted octanol–water partition coefficient (Wildman–Crippen LogP) is 2.68. The lowest BCUT2D eigenvalue weighted by molar-refractivity contribution is 0.273. The molecule has 2 rings (SSSR count). The monoisotopic (exact) mass is 357 g/mol. The van der Waals surface area contributed by atoms with Gasteiger partial charge in [0, 0.05) is 26.2 Å². The molecule has 0 aromatic rings. The Kier molecular flexibility index (Phi) is 6.57. The van der Waals surface area contributed by atoms with E-state index >= 15 is 0 Å².